The molecule has 0 radical (unpaired) electrons. The Labute approximate surface area is 182 Å². The van der Waals surface area contributed by atoms with Gasteiger partial charge in [0, 0.05) is 23.1 Å². The van der Waals surface area contributed by atoms with Crippen molar-refractivity contribution >= 4 is 56.5 Å². The van der Waals surface area contributed by atoms with Crippen LogP contribution in [-0.2, 0) is 9.47 Å². The first-order chi connectivity index (χ1) is 14.0. The molecule has 7 nitrogen and oxygen atoms in total. The summed E-state index contributed by atoms with van der Waals surface area (Å²) in [5.41, 5.74) is 2.32. The second-order valence-corrected chi connectivity index (χ2v) is 7.57. The number of ether oxygens (including phenoxy) is 2. The summed E-state index contributed by atoms with van der Waals surface area (Å²) in [7, 11) is 1.33. The van der Waals surface area contributed by atoms with Gasteiger partial charge in [0.25, 0.3) is 5.91 Å². The Morgan fingerprint density at radius 3 is 2.59 bits per heavy atom. The summed E-state index contributed by atoms with van der Waals surface area (Å²) in [6.45, 7) is 2.65. The Hall–Kier alpha value is -2.49. The molecule has 2 N–H and O–H groups in total. The van der Waals surface area contributed by atoms with Crippen LogP contribution in [0.2, 0.25) is 0 Å². The maximum absolute atomic E-state index is 12.4. The molecule has 1 aliphatic rings. The summed E-state index contributed by atoms with van der Waals surface area (Å²) < 4.78 is 11.0. The first kappa shape index (κ1) is 21.2. The first-order valence-electron chi connectivity index (χ1n) is 8.91. The predicted octanol–water partition coefficient (Wildman–Crippen LogP) is 3.20. The number of anilines is 2. The smallest absolute Gasteiger partial charge is 0.337 e. The number of halogens is 1. The highest BCUT2D eigenvalue weighted by atomic mass is 79.9. The molecule has 2 aromatic rings. The minimum absolute atomic E-state index is 0.131. The molecule has 0 spiro atoms. The Bertz CT molecular complexity index is 932. The van der Waals surface area contributed by atoms with E-state index in [1.165, 1.54) is 7.11 Å². The van der Waals surface area contributed by atoms with E-state index in [1.807, 2.05) is 12.1 Å². The van der Waals surface area contributed by atoms with Crippen LogP contribution in [0.5, 0.6) is 0 Å². The summed E-state index contributed by atoms with van der Waals surface area (Å²) in [6, 6.07) is 12.2. The third kappa shape index (κ3) is 5.53. The highest BCUT2D eigenvalue weighted by Gasteiger charge is 2.18. The van der Waals surface area contributed by atoms with E-state index in [0.717, 1.165) is 10.2 Å². The zero-order valence-corrected chi connectivity index (χ0v) is 18.1. The van der Waals surface area contributed by atoms with Crippen LogP contribution in [0.3, 0.4) is 0 Å². The number of benzene rings is 2. The molecular formula is C20H20BrN3O4S. The molecule has 1 aliphatic heterocycles. The van der Waals surface area contributed by atoms with Gasteiger partial charge >= 0.3 is 5.97 Å². The highest BCUT2D eigenvalue weighted by Crippen LogP contribution is 2.28. The molecule has 0 bridgehead atoms. The third-order valence-corrected chi connectivity index (χ3v) is 5.03. The minimum atomic E-state index is -0.453. The number of carbonyl (C=O) groups excluding carboxylic acids is 2. The van der Waals surface area contributed by atoms with Crippen molar-refractivity contribution in [3.8, 4) is 0 Å². The van der Waals surface area contributed by atoms with E-state index in [4.69, 9.17) is 21.7 Å². The van der Waals surface area contributed by atoms with E-state index in [-0.39, 0.29) is 11.0 Å². The molecule has 0 unspecified atom stereocenters. The van der Waals surface area contributed by atoms with E-state index in [0.29, 0.717) is 43.1 Å². The van der Waals surface area contributed by atoms with Gasteiger partial charge in [-0.2, -0.15) is 0 Å². The number of nitrogens with zero attached hydrogens (tertiary/aromatic N) is 1. The lowest BCUT2D eigenvalue weighted by atomic mass is 10.1. The second kappa shape index (κ2) is 9.82. The quantitative estimate of drug-likeness (QED) is 0.516. The molecule has 0 saturated carbocycles. The molecule has 1 saturated heterocycles. The normalized spacial score (nSPS) is 13.5. The predicted molar refractivity (Wildman–Crippen MR) is 119 cm³/mol. The van der Waals surface area contributed by atoms with E-state index in [1.54, 1.807) is 30.3 Å². The molecule has 0 aromatic heterocycles. The number of thiocarbonyl (C=S) groups is 1. The van der Waals surface area contributed by atoms with Crippen LogP contribution in [0, 0.1) is 0 Å². The zero-order valence-electron chi connectivity index (χ0n) is 15.7. The van der Waals surface area contributed by atoms with Gasteiger partial charge in [0.05, 0.1) is 37.3 Å². The van der Waals surface area contributed by atoms with Crippen molar-refractivity contribution in [2.75, 3.05) is 43.6 Å². The fourth-order valence-electron chi connectivity index (χ4n) is 2.92. The monoisotopic (exact) mass is 477 g/mol. The average Bonchev–Trinajstić information content (AvgIpc) is 2.73. The van der Waals surface area contributed by atoms with Crippen molar-refractivity contribution in [3.05, 3.63) is 58.1 Å². The molecule has 1 fully saturated rings. The lowest BCUT2D eigenvalue weighted by Crippen LogP contribution is -2.38. The van der Waals surface area contributed by atoms with Crippen LogP contribution >= 0.6 is 28.1 Å². The SMILES string of the molecule is COC(=O)c1ccc(N2CCOCC2)c(NC(=S)NC(=O)c2cccc(Br)c2)c1. The molecule has 3 rings (SSSR count). The Morgan fingerprint density at radius 2 is 1.90 bits per heavy atom. The van der Waals surface area contributed by atoms with Crippen LogP contribution in [0.4, 0.5) is 11.4 Å². The summed E-state index contributed by atoms with van der Waals surface area (Å²) in [4.78, 5) is 26.5. The van der Waals surface area contributed by atoms with Crippen molar-refractivity contribution in [2.45, 2.75) is 0 Å². The van der Waals surface area contributed by atoms with Gasteiger partial charge in [-0.15, -0.1) is 0 Å². The number of rotatable bonds is 4. The Kier molecular flexibility index (Phi) is 7.18. The number of morpholine rings is 1. The second-order valence-electron chi connectivity index (χ2n) is 6.24. The number of nitrogens with one attached hydrogen (secondary N) is 2. The molecule has 29 heavy (non-hydrogen) atoms. The number of carbonyl (C=O) groups is 2. The van der Waals surface area contributed by atoms with Gasteiger partial charge in [-0.1, -0.05) is 22.0 Å². The van der Waals surface area contributed by atoms with Gasteiger partial charge in [-0.3, -0.25) is 10.1 Å². The van der Waals surface area contributed by atoms with E-state index >= 15 is 0 Å². The molecular weight excluding hydrogens is 458 g/mol. The largest absolute Gasteiger partial charge is 0.465 e. The molecule has 9 heteroatoms. The van der Waals surface area contributed by atoms with Crippen molar-refractivity contribution in [2.24, 2.45) is 0 Å². The average molecular weight is 478 g/mol. The summed E-state index contributed by atoms with van der Waals surface area (Å²) >= 11 is 8.67. The van der Waals surface area contributed by atoms with Crippen molar-refractivity contribution < 1.29 is 19.1 Å². The number of methoxy groups -OCH3 is 1. The van der Waals surface area contributed by atoms with Gasteiger partial charge in [0.1, 0.15) is 0 Å². The fraction of sp³-hybridized carbons (Fsp3) is 0.250. The van der Waals surface area contributed by atoms with Gasteiger partial charge in [-0.05, 0) is 48.6 Å². The van der Waals surface area contributed by atoms with E-state index < -0.39 is 5.97 Å². The topological polar surface area (TPSA) is 79.9 Å². The molecule has 0 atom stereocenters. The standard InChI is InChI=1S/C20H20BrN3O4S/c1-27-19(26)14-5-6-17(24-7-9-28-10-8-24)16(12-14)22-20(29)23-18(25)13-3-2-4-15(21)11-13/h2-6,11-12H,7-10H2,1H3,(H2,22,23,25,29). The summed E-state index contributed by atoms with van der Waals surface area (Å²) in [5.74, 6) is -0.786. The van der Waals surface area contributed by atoms with E-state index in [2.05, 4.69) is 31.5 Å². The molecule has 1 heterocycles. The molecule has 1 amide bonds. The summed E-state index contributed by atoms with van der Waals surface area (Å²) in [6.07, 6.45) is 0. The third-order valence-electron chi connectivity index (χ3n) is 4.33. The number of esters is 1. The molecule has 2 aromatic carbocycles. The van der Waals surface area contributed by atoms with Crippen LogP contribution < -0.4 is 15.5 Å². The van der Waals surface area contributed by atoms with E-state index in [9.17, 15) is 9.59 Å². The zero-order chi connectivity index (χ0) is 20.8. The summed E-state index contributed by atoms with van der Waals surface area (Å²) in [5, 5.41) is 5.84. The maximum atomic E-state index is 12.4. The minimum Gasteiger partial charge on any atom is -0.465 e. The van der Waals surface area contributed by atoms with Gasteiger partial charge < -0.3 is 19.7 Å². The molecule has 152 valence electrons. The first-order valence-corrected chi connectivity index (χ1v) is 10.1. The Balaban J connectivity index is 1.80. The lowest BCUT2D eigenvalue weighted by molar-refractivity contribution is 0.0600. The van der Waals surface area contributed by atoms with Crippen LogP contribution in [0.1, 0.15) is 20.7 Å². The van der Waals surface area contributed by atoms with Crippen molar-refractivity contribution in [1.82, 2.24) is 5.32 Å². The van der Waals surface area contributed by atoms with Crippen LogP contribution in [0.25, 0.3) is 0 Å². The molecule has 0 aliphatic carbocycles. The lowest BCUT2D eigenvalue weighted by Gasteiger charge is -2.31. The van der Waals surface area contributed by atoms with Gasteiger partial charge in [-0.25, -0.2) is 4.79 Å². The van der Waals surface area contributed by atoms with Crippen molar-refractivity contribution in [3.63, 3.8) is 0 Å². The van der Waals surface area contributed by atoms with Gasteiger partial charge in [0.15, 0.2) is 5.11 Å². The van der Waals surface area contributed by atoms with Gasteiger partial charge in [0.2, 0.25) is 0 Å². The number of hydrogen-bond acceptors (Lipinski definition) is 6. The maximum Gasteiger partial charge on any atom is 0.337 e. The van der Waals surface area contributed by atoms with Crippen LogP contribution in [0.15, 0.2) is 46.9 Å². The number of amides is 1. The Morgan fingerprint density at radius 1 is 1.14 bits per heavy atom. The number of hydrogen-bond donors (Lipinski definition) is 2. The van der Waals surface area contributed by atoms with Crippen molar-refractivity contribution in [1.29, 1.82) is 0 Å². The highest BCUT2D eigenvalue weighted by molar-refractivity contribution is 9.10. The fourth-order valence-corrected chi connectivity index (χ4v) is 3.52. The van der Waals surface area contributed by atoms with Crippen LogP contribution in [-0.4, -0.2) is 50.4 Å².